The van der Waals surface area contributed by atoms with E-state index in [1.165, 1.54) is 12.1 Å². The van der Waals surface area contributed by atoms with Gasteiger partial charge in [0.25, 0.3) is 0 Å². The second-order valence-electron chi connectivity index (χ2n) is 4.18. The van der Waals surface area contributed by atoms with E-state index < -0.39 is 5.82 Å². The Morgan fingerprint density at radius 3 is 2.89 bits per heavy atom. The third kappa shape index (κ3) is 6.08. The zero-order valence-corrected chi connectivity index (χ0v) is 13.4. The molecule has 1 aromatic rings. The third-order valence-electron chi connectivity index (χ3n) is 2.44. The molecule has 1 atom stereocenters. The number of ether oxygens (including phenoxy) is 2. The predicted octanol–water partition coefficient (Wildman–Crippen LogP) is 3.64. The SMILES string of the molecule is COCCCNCC(C)Oc1cc(F)c(Cl)cc1Br. The summed E-state index contributed by atoms with van der Waals surface area (Å²) >= 11 is 8.97. The minimum atomic E-state index is -0.486. The van der Waals surface area contributed by atoms with E-state index in [0.717, 1.165) is 19.6 Å². The van der Waals surface area contributed by atoms with E-state index in [2.05, 4.69) is 21.2 Å². The second-order valence-corrected chi connectivity index (χ2v) is 5.44. The van der Waals surface area contributed by atoms with Crippen LogP contribution in [0, 0.1) is 5.82 Å². The van der Waals surface area contributed by atoms with E-state index >= 15 is 0 Å². The van der Waals surface area contributed by atoms with Gasteiger partial charge in [0.1, 0.15) is 17.7 Å². The molecule has 1 N–H and O–H groups in total. The topological polar surface area (TPSA) is 30.5 Å². The van der Waals surface area contributed by atoms with Gasteiger partial charge in [0, 0.05) is 26.3 Å². The molecule has 0 heterocycles. The highest BCUT2D eigenvalue weighted by Crippen LogP contribution is 2.31. The van der Waals surface area contributed by atoms with Gasteiger partial charge >= 0.3 is 0 Å². The molecule has 0 saturated heterocycles. The molecule has 0 radical (unpaired) electrons. The van der Waals surface area contributed by atoms with Crippen LogP contribution in [0.4, 0.5) is 4.39 Å². The monoisotopic (exact) mass is 353 g/mol. The van der Waals surface area contributed by atoms with Crippen LogP contribution in [0.5, 0.6) is 5.75 Å². The minimum absolute atomic E-state index is 0.0700. The van der Waals surface area contributed by atoms with Gasteiger partial charge in [0.05, 0.1) is 9.50 Å². The summed E-state index contributed by atoms with van der Waals surface area (Å²) in [6, 6.07) is 2.78. The van der Waals surface area contributed by atoms with Crippen LogP contribution in [-0.4, -0.2) is 32.9 Å². The fourth-order valence-corrected chi connectivity index (χ4v) is 2.23. The van der Waals surface area contributed by atoms with Gasteiger partial charge in [-0.15, -0.1) is 0 Å². The van der Waals surface area contributed by atoms with Gasteiger partial charge < -0.3 is 14.8 Å². The fraction of sp³-hybridized carbons (Fsp3) is 0.538. The molecule has 6 heteroatoms. The van der Waals surface area contributed by atoms with Gasteiger partial charge in [0.15, 0.2) is 0 Å². The fourth-order valence-electron chi connectivity index (χ4n) is 1.50. The highest BCUT2D eigenvalue weighted by molar-refractivity contribution is 9.10. The van der Waals surface area contributed by atoms with Gasteiger partial charge in [-0.2, -0.15) is 0 Å². The van der Waals surface area contributed by atoms with Crippen molar-refractivity contribution in [3.63, 3.8) is 0 Å². The minimum Gasteiger partial charge on any atom is -0.488 e. The molecule has 19 heavy (non-hydrogen) atoms. The van der Waals surface area contributed by atoms with E-state index in [1.807, 2.05) is 6.92 Å². The van der Waals surface area contributed by atoms with Gasteiger partial charge in [-0.1, -0.05) is 11.6 Å². The molecule has 3 nitrogen and oxygen atoms in total. The van der Waals surface area contributed by atoms with Gasteiger partial charge in [-0.25, -0.2) is 4.39 Å². The van der Waals surface area contributed by atoms with E-state index in [4.69, 9.17) is 21.1 Å². The Hall–Kier alpha value is -0.360. The largest absolute Gasteiger partial charge is 0.488 e. The number of methoxy groups -OCH3 is 1. The van der Waals surface area contributed by atoms with Gasteiger partial charge in [0.2, 0.25) is 0 Å². The molecule has 0 fully saturated rings. The van der Waals surface area contributed by atoms with Crippen molar-refractivity contribution >= 4 is 27.5 Å². The average Bonchev–Trinajstić information content (AvgIpc) is 2.35. The number of hydrogen-bond acceptors (Lipinski definition) is 3. The molecule has 0 spiro atoms. The van der Waals surface area contributed by atoms with E-state index in [0.29, 0.717) is 16.8 Å². The van der Waals surface area contributed by atoms with Crippen LogP contribution in [0.3, 0.4) is 0 Å². The summed E-state index contributed by atoms with van der Waals surface area (Å²) in [5, 5.41) is 3.32. The Balaban J connectivity index is 2.40. The number of halogens is 3. The van der Waals surface area contributed by atoms with Crippen LogP contribution in [0.15, 0.2) is 16.6 Å². The second kappa shape index (κ2) is 8.74. The summed E-state index contributed by atoms with van der Waals surface area (Å²) in [4.78, 5) is 0. The Morgan fingerprint density at radius 2 is 2.21 bits per heavy atom. The Morgan fingerprint density at radius 1 is 1.47 bits per heavy atom. The van der Waals surface area contributed by atoms with Crippen molar-refractivity contribution in [2.24, 2.45) is 0 Å². The van der Waals surface area contributed by atoms with E-state index in [-0.39, 0.29) is 11.1 Å². The maximum absolute atomic E-state index is 13.3. The van der Waals surface area contributed by atoms with Crippen molar-refractivity contribution < 1.29 is 13.9 Å². The molecule has 1 unspecified atom stereocenters. The Labute approximate surface area is 126 Å². The molecule has 0 saturated carbocycles. The maximum Gasteiger partial charge on any atom is 0.145 e. The number of benzene rings is 1. The smallest absolute Gasteiger partial charge is 0.145 e. The summed E-state index contributed by atoms with van der Waals surface area (Å²) in [5.74, 6) is -0.0341. The quantitative estimate of drug-likeness (QED) is 0.571. The first-order chi connectivity index (χ1) is 9.04. The van der Waals surface area contributed by atoms with Crippen molar-refractivity contribution in [1.82, 2.24) is 5.32 Å². The number of hydrogen-bond donors (Lipinski definition) is 1. The zero-order chi connectivity index (χ0) is 14.3. The van der Waals surface area contributed by atoms with Crippen LogP contribution in [0.1, 0.15) is 13.3 Å². The molecule has 0 aliphatic carbocycles. The Kier molecular flexibility index (Phi) is 7.68. The van der Waals surface area contributed by atoms with Crippen molar-refractivity contribution in [1.29, 1.82) is 0 Å². The standard InChI is InChI=1S/C13H18BrClFNO2/c1-9(8-17-4-3-5-18-2)19-13-7-12(16)11(15)6-10(13)14/h6-7,9,17H,3-5,8H2,1-2H3. The van der Waals surface area contributed by atoms with Crippen LogP contribution in [0.2, 0.25) is 5.02 Å². The molecular weight excluding hydrogens is 337 g/mol. The van der Waals surface area contributed by atoms with Crippen LogP contribution in [-0.2, 0) is 4.74 Å². The van der Waals surface area contributed by atoms with Gasteiger partial charge in [-0.3, -0.25) is 0 Å². The lowest BCUT2D eigenvalue weighted by Crippen LogP contribution is -2.30. The molecule has 1 aromatic carbocycles. The van der Waals surface area contributed by atoms with E-state index in [9.17, 15) is 4.39 Å². The van der Waals surface area contributed by atoms with Gasteiger partial charge in [-0.05, 0) is 41.9 Å². The highest BCUT2D eigenvalue weighted by Gasteiger charge is 2.11. The van der Waals surface area contributed by atoms with Crippen molar-refractivity contribution in [3.05, 3.63) is 27.4 Å². The molecule has 0 aliphatic heterocycles. The summed E-state index contributed by atoms with van der Waals surface area (Å²) in [7, 11) is 1.68. The molecular formula is C13H18BrClFNO2. The first-order valence-corrected chi connectivity index (χ1v) is 7.22. The number of nitrogens with one attached hydrogen (secondary N) is 1. The average molecular weight is 355 g/mol. The van der Waals surface area contributed by atoms with Crippen molar-refractivity contribution in [3.8, 4) is 5.75 Å². The molecule has 0 bridgehead atoms. The molecule has 0 amide bonds. The summed E-state index contributed by atoms with van der Waals surface area (Å²) in [5.41, 5.74) is 0. The Bertz CT molecular complexity index is 406. The molecule has 0 aromatic heterocycles. The zero-order valence-electron chi connectivity index (χ0n) is 11.0. The van der Waals surface area contributed by atoms with Crippen molar-refractivity contribution in [2.45, 2.75) is 19.4 Å². The van der Waals surface area contributed by atoms with Crippen LogP contribution >= 0.6 is 27.5 Å². The lowest BCUT2D eigenvalue weighted by Gasteiger charge is -2.17. The first-order valence-electron chi connectivity index (χ1n) is 6.05. The van der Waals surface area contributed by atoms with Crippen molar-refractivity contribution in [2.75, 3.05) is 26.8 Å². The molecule has 0 aliphatic rings. The number of rotatable bonds is 8. The normalized spacial score (nSPS) is 12.5. The lowest BCUT2D eigenvalue weighted by molar-refractivity contribution is 0.188. The first kappa shape index (κ1) is 16.7. The molecule has 108 valence electrons. The maximum atomic E-state index is 13.3. The summed E-state index contributed by atoms with van der Waals surface area (Å²) in [6.45, 7) is 4.19. The third-order valence-corrected chi connectivity index (χ3v) is 3.35. The molecule has 1 rings (SSSR count). The van der Waals surface area contributed by atoms with E-state index in [1.54, 1.807) is 7.11 Å². The van der Waals surface area contributed by atoms with Crippen LogP contribution in [0.25, 0.3) is 0 Å². The van der Waals surface area contributed by atoms with Crippen LogP contribution < -0.4 is 10.1 Å². The predicted molar refractivity (Wildman–Crippen MR) is 78.6 cm³/mol. The summed E-state index contributed by atoms with van der Waals surface area (Å²) in [6.07, 6.45) is 0.877. The summed E-state index contributed by atoms with van der Waals surface area (Å²) < 4.78 is 24.6. The lowest BCUT2D eigenvalue weighted by atomic mass is 10.3. The highest BCUT2D eigenvalue weighted by atomic mass is 79.9.